The summed E-state index contributed by atoms with van der Waals surface area (Å²) in [6.45, 7) is 1.27. The van der Waals surface area contributed by atoms with Crippen LogP contribution < -0.4 is 9.64 Å². The number of rotatable bonds is 4. The molecular formula is C20H18ClNO5. The number of carbonyl (C=O) groups is 2. The molecule has 2 aromatic carbocycles. The third-order valence-electron chi connectivity index (χ3n) is 4.58. The number of carbonyl (C=O) groups excluding carboxylic acids is 2. The van der Waals surface area contributed by atoms with Crippen LogP contribution in [0.5, 0.6) is 5.75 Å². The highest BCUT2D eigenvalue weighted by Gasteiger charge is 2.23. The van der Waals surface area contributed by atoms with Crippen molar-refractivity contribution in [3.8, 4) is 5.75 Å². The Hall–Kier alpha value is -2.57. The summed E-state index contributed by atoms with van der Waals surface area (Å²) in [6, 6.07) is 10.4. The van der Waals surface area contributed by atoms with Crippen molar-refractivity contribution < 1.29 is 23.8 Å². The molecule has 2 aliphatic rings. The van der Waals surface area contributed by atoms with Gasteiger partial charge < -0.3 is 19.1 Å². The van der Waals surface area contributed by atoms with Gasteiger partial charge in [0.25, 0.3) is 0 Å². The van der Waals surface area contributed by atoms with Crippen LogP contribution in [0.25, 0.3) is 0 Å². The van der Waals surface area contributed by atoms with Crippen molar-refractivity contribution in [1.29, 1.82) is 0 Å². The van der Waals surface area contributed by atoms with E-state index in [0.717, 1.165) is 12.0 Å². The van der Waals surface area contributed by atoms with Crippen molar-refractivity contribution in [3.05, 3.63) is 58.1 Å². The Morgan fingerprint density at radius 3 is 2.96 bits per heavy atom. The van der Waals surface area contributed by atoms with Crippen LogP contribution in [-0.2, 0) is 27.5 Å². The molecule has 0 aliphatic carbocycles. The smallest absolute Gasteiger partial charge is 0.338 e. The third kappa shape index (κ3) is 3.77. The monoisotopic (exact) mass is 387 g/mol. The van der Waals surface area contributed by atoms with E-state index in [9.17, 15) is 9.59 Å². The van der Waals surface area contributed by atoms with Crippen molar-refractivity contribution in [2.24, 2.45) is 0 Å². The van der Waals surface area contributed by atoms with Crippen LogP contribution >= 0.6 is 11.6 Å². The zero-order valence-corrected chi connectivity index (χ0v) is 15.3. The molecule has 4 rings (SSSR count). The molecule has 1 saturated heterocycles. The first-order chi connectivity index (χ1) is 13.1. The molecule has 2 aromatic rings. The average molecular weight is 388 g/mol. The van der Waals surface area contributed by atoms with Gasteiger partial charge in [0, 0.05) is 34.8 Å². The normalized spacial score (nSPS) is 16.0. The third-order valence-corrected chi connectivity index (χ3v) is 4.80. The van der Waals surface area contributed by atoms with E-state index in [-0.39, 0.29) is 19.3 Å². The largest absolute Gasteiger partial charge is 0.467 e. The van der Waals surface area contributed by atoms with E-state index in [1.54, 1.807) is 35.2 Å². The zero-order chi connectivity index (χ0) is 18.8. The highest BCUT2D eigenvalue weighted by Crippen LogP contribution is 2.32. The summed E-state index contributed by atoms with van der Waals surface area (Å²) in [5.74, 6) is 0.254. The van der Waals surface area contributed by atoms with Crippen molar-refractivity contribution in [1.82, 2.24) is 0 Å². The summed E-state index contributed by atoms with van der Waals surface area (Å²) in [7, 11) is 0. The van der Waals surface area contributed by atoms with Gasteiger partial charge in [0.15, 0.2) is 6.79 Å². The second-order valence-electron chi connectivity index (χ2n) is 6.44. The summed E-state index contributed by atoms with van der Waals surface area (Å²) in [5.41, 5.74) is 2.63. The van der Waals surface area contributed by atoms with Crippen LogP contribution in [0, 0.1) is 0 Å². The molecule has 0 radical (unpaired) electrons. The number of anilines is 1. The molecule has 0 unspecified atom stereocenters. The van der Waals surface area contributed by atoms with Gasteiger partial charge in [-0.25, -0.2) is 4.79 Å². The van der Waals surface area contributed by atoms with Gasteiger partial charge in [0.2, 0.25) is 5.91 Å². The summed E-state index contributed by atoms with van der Waals surface area (Å²) in [6.07, 6.45) is 1.37. The Morgan fingerprint density at radius 2 is 2.15 bits per heavy atom. The minimum absolute atomic E-state index is 0.0363. The quantitative estimate of drug-likeness (QED) is 0.748. The van der Waals surface area contributed by atoms with E-state index < -0.39 is 5.97 Å². The van der Waals surface area contributed by atoms with Gasteiger partial charge >= 0.3 is 5.97 Å². The zero-order valence-electron chi connectivity index (χ0n) is 14.6. The molecule has 140 valence electrons. The van der Waals surface area contributed by atoms with E-state index in [0.29, 0.717) is 47.2 Å². The Labute approximate surface area is 161 Å². The first-order valence-electron chi connectivity index (χ1n) is 8.71. The maximum absolute atomic E-state index is 12.5. The van der Waals surface area contributed by atoms with Crippen LogP contribution in [0.1, 0.15) is 34.3 Å². The predicted molar refractivity (Wildman–Crippen MR) is 98.9 cm³/mol. The summed E-state index contributed by atoms with van der Waals surface area (Å²) >= 11 is 6.13. The Kier molecular flexibility index (Phi) is 5.01. The van der Waals surface area contributed by atoms with Crippen molar-refractivity contribution in [2.75, 3.05) is 18.2 Å². The fourth-order valence-electron chi connectivity index (χ4n) is 3.31. The van der Waals surface area contributed by atoms with Gasteiger partial charge in [-0.05, 0) is 36.8 Å². The van der Waals surface area contributed by atoms with Crippen LogP contribution in [-0.4, -0.2) is 25.2 Å². The number of halogens is 1. The second-order valence-corrected chi connectivity index (χ2v) is 6.88. The van der Waals surface area contributed by atoms with Crippen LogP contribution in [0.2, 0.25) is 5.02 Å². The molecule has 0 spiro atoms. The van der Waals surface area contributed by atoms with E-state index in [1.807, 2.05) is 6.07 Å². The van der Waals surface area contributed by atoms with Gasteiger partial charge in [0.05, 0.1) is 12.2 Å². The Balaban J connectivity index is 1.49. The molecule has 1 amide bonds. The lowest BCUT2D eigenvalue weighted by Gasteiger charge is -2.21. The van der Waals surface area contributed by atoms with Crippen LogP contribution in [0.4, 0.5) is 5.69 Å². The van der Waals surface area contributed by atoms with Gasteiger partial charge in [-0.3, -0.25) is 4.79 Å². The molecule has 0 aromatic heterocycles. The molecular weight excluding hydrogens is 370 g/mol. The predicted octanol–water partition coefficient (Wildman–Crippen LogP) is 3.69. The summed E-state index contributed by atoms with van der Waals surface area (Å²) < 4.78 is 16.2. The second kappa shape index (κ2) is 7.58. The van der Waals surface area contributed by atoms with Crippen molar-refractivity contribution in [3.63, 3.8) is 0 Å². The van der Waals surface area contributed by atoms with Gasteiger partial charge in [-0.15, -0.1) is 0 Å². The van der Waals surface area contributed by atoms with E-state index >= 15 is 0 Å². The maximum atomic E-state index is 12.5. The minimum atomic E-state index is -0.468. The highest BCUT2D eigenvalue weighted by molar-refractivity contribution is 6.30. The van der Waals surface area contributed by atoms with E-state index in [4.69, 9.17) is 25.8 Å². The number of amides is 1. The molecule has 0 bridgehead atoms. The number of fused-ring (bicyclic) bond motifs is 1. The van der Waals surface area contributed by atoms with Crippen molar-refractivity contribution in [2.45, 2.75) is 26.1 Å². The molecule has 27 heavy (non-hydrogen) atoms. The molecule has 0 atom stereocenters. The summed E-state index contributed by atoms with van der Waals surface area (Å²) in [5, 5.41) is 0.531. The standard InChI is InChI=1S/C20H18ClNO5/c21-16-7-14-10-25-12-27-19(14)15(8-16)11-26-20(24)13-3-1-4-17(9-13)22-6-2-5-18(22)23/h1,3-4,7-9H,2,5-6,10-12H2. The van der Waals surface area contributed by atoms with Gasteiger partial charge in [-0.2, -0.15) is 0 Å². The first kappa shape index (κ1) is 17.8. The van der Waals surface area contributed by atoms with Crippen LogP contribution in [0.15, 0.2) is 36.4 Å². The maximum Gasteiger partial charge on any atom is 0.338 e. The van der Waals surface area contributed by atoms with Gasteiger partial charge in [0.1, 0.15) is 12.4 Å². The number of hydrogen-bond acceptors (Lipinski definition) is 5. The Bertz CT molecular complexity index is 898. The number of hydrogen-bond donors (Lipinski definition) is 0. The molecule has 2 heterocycles. The number of ether oxygens (including phenoxy) is 3. The molecule has 6 nitrogen and oxygen atoms in total. The highest BCUT2D eigenvalue weighted by atomic mass is 35.5. The lowest BCUT2D eigenvalue weighted by Crippen LogP contribution is -2.23. The number of nitrogens with zero attached hydrogens (tertiary/aromatic N) is 1. The fourth-order valence-corrected chi connectivity index (χ4v) is 3.58. The van der Waals surface area contributed by atoms with Crippen LogP contribution in [0.3, 0.4) is 0 Å². The summed E-state index contributed by atoms with van der Waals surface area (Å²) in [4.78, 5) is 26.1. The van der Waals surface area contributed by atoms with Crippen molar-refractivity contribution >= 4 is 29.2 Å². The minimum Gasteiger partial charge on any atom is -0.467 e. The average Bonchev–Trinajstić information content (AvgIpc) is 3.11. The number of esters is 1. The molecule has 7 heteroatoms. The van der Waals surface area contributed by atoms with Gasteiger partial charge in [-0.1, -0.05) is 17.7 Å². The number of benzene rings is 2. The van der Waals surface area contributed by atoms with E-state index in [2.05, 4.69) is 0 Å². The molecule has 0 N–H and O–H groups in total. The lowest BCUT2D eigenvalue weighted by molar-refractivity contribution is -0.117. The molecule has 1 fully saturated rings. The van der Waals surface area contributed by atoms with E-state index in [1.165, 1.54) is 0 Å². The Morgan fingerprint density at radius 1 is 1.26 bits per heavy atom. The first-order valence-corrected chi connectivity index (χ1v) is 9.09. The molecule has 0 saturated carbocycles. The fraction of sp³-hybridized carbons (Fsp3) is 0.300. The lowest BCUT2D eigenvalue weighted by atomic mass is 10.1. The topological polar surface area (TPSA) is 65.1 Å². The SMILES string of the molecule is O=C(OCc1cc(Cl)cc2c1OCOC2)c1cccc(N2CCCC2=O)c1. The molecule has 2 aliphatic heterocycles.